The van der Waals surface area contributed by atoms with Crippen molar-refractivity contribution in [1.82, 2.24) is 10.3 Å². The van der Waals surface area contributed by atoms with E-state index >= 15 is 0 Å². The molecule has 0 aliphatic carbocycles. The minimum Gasteiger partial charge on any atom is -0.352 e. The van der Waals surface area contributed by atoms with Crippen molar-refractivity contribution >= 4 is 38.3 Å². The van der Waals surface area contributed by atoms with Crippen LogP contribution in [0.4, 0.5) is 9.52 Å². The fourth-order valence-corrected chi connectivity index (χ4v) is 3.66. The predicted octanol–water partition coefficient (Wildman–Crippen LogP) is 2.04. The molecule has 4 N–H and O–H groups in total. The average molecular weight is 449 g/mol. The third kappa shape index (κ3) is 5.92. The molecule has 156 valence electrons. The van der Waals surface area contributed by atoms with Gasteiger partial charge in [-0.25, -0.2) is 22.9 Å². The summed E-state index contributed by atoms with van der Waals surface area (Å²) in [6.45, 7) is 0.210. The highest BCUT2D eigenvalue weighted by atomic mass is 32.2. The minimum atomic E-state index is -3.76. The van der Waals surface area contributed by atoms with Crippen molar-refractivity contribution in [2.45, 2.75) is 17.9 Å². The third-order valence-electron chi connectivity index (χ3n) is 3.96. The van der Waals surface area contributed by atoms with Crippen LogP contribution in [0.15, 0.2) is 58.8 Å². The molecule has 11 heteroatoms. The van der Waals surface area contributed by atoms with Gasteiger partial charge in [-0.1, -0.05) is 12.1 Å². The number of hydrogen-bond donors (Lipinski definition) is 3. The van der Waals surface area contributed by atoms with Crippen molar-refractivity contribution in [3.63, 3.8) is 0 Å². The minimum absolute atomic E-state index is 0.00439. The second-order valence-corrected chi connectivity index (χ2v) is 8.67. The first kappa shape index (κ1) is 21.6. The first-order chi connectivity index (χ1) is 14.2. The molecule has 2 amide bonds. The van der Waals surface area contributed by atoms with Crippen molar-refractivity contribution in [3.05, 3.63) is 76.5 Å². The number of carbonyl (C=O) groups is 2. The van der Waals surface area contributed by atoms with E-state index in [0.29, 0.717) is 22.0 Å². The Morgan fingerprint density at radius 2 is 1.73 bits per heavy atom. The van der Waals surface area contributed by atoms with Crippen molar-refractivity contribution in [2.24, 2.45) is 5.14 Å². The Balaban J connectivity index is 1.51. The predicted molar refractivity (Wildman–Crippen MR) is 110 cm³/mol. The number of nitrogens with two attached hydrogens (primary N) is 1. The molecule has 0 spiro atoms. The molecule has 0 aliphatic rings. The van der Waals surface area contributed by atoms with E-state index in [1.807, 2.05) is 0 Å². The lowest BCUT2D eigenvalue weighted by molar-refractivity contribution is -0.120. The highest BCUT2D eigenvalue weighted by Gasteiger charge is 2.12. The summed E-state index contributed by atoms with van der Waals surface area (Å²) in [5, 5.41) is 12.3. The molecule has 0 saturated carbocycles. The number of aromatic nitrogens is 1. The number of rotatable bonds is 7. The van der Waals surface area contributed by atoms with Crippen molar-refractivity contribution < 1.29 is 22.4 Å². The summed E-state index contributed by atoms with van der Waals surface area (Å²) in [7, 11) is -3.76. The topological polar surface area (TPSA) is 131 Å². The molecular formula is C19H17FN4O4S2. The lowest BCUT2D eigenvalue weighted by Crippen LogP contribution is -2.24. The SMILES string of the molecule is NS(=O)(=O)c1ccc(CNC(=O)Cc2csc(NC(=O)c3ccc(F)cc3)n2)cc1. The standard InChI is InChI=1S/C19H17FN4O4S2/c20-14-5-3-13(4-6-14)18(26)24-19-23-15(11-29-19)9-17(25)22-10-12-1-7-16(8-2-12)30(21,27)28/h1-8,11H,9-10H2,(H,22,25)(H2,21,27,28)(H,23,24,26). The van der Waals surface area contributed by atoms with Crippen LogP contribution in [0.25, 0.3) is 0 Å². The second kappa shape index (κ2) is 9.11. The monoisotopic (exact) mass is 448 g/mol. The van der Waals surface area contributed by atoms with Gasteiger partial charge >= 0.3 is 0 Å². The van der Waals surface area contributed by atoms with Crippen LogP contribution in [0.3, 0.4) is 0 Å². The maximum absolute atomic E-state index is 12.9. The van der Waals surface area contributed by atoms with Crippen LogP contribution in [0.2, 0.25) is 0 Å². The summed E-state index contributed by atoms with van der Waals surface area (Å²) in [5.41, 5.74) is 1.48. The summed E-state index contributed by atoms with van der Waals surface area (Å²) >= 11 is 1.17. The highest BCUT2D eigenvalue weighted by Crippen LogP contribution is 2.17. The van der Waals surface area contributed by atoms with E-state index in [-0.39, 0.29) is 23.8 Å². The molecule has 3 aromatic rings. The maximum atomic E-state index is 12.9. The molecule has 0 saturated heterocycles. The number of sulfonamides is 1. The third-order valence-corrected chi connectivity index (χ3v) is 5.70. The Bertz CT molecular complexity index is 1160. The molecule has 1 heterocycles. The highest BCUT2D eigenvalue weighted by molar-refractivity contribution is 7.89. The Morgan fingerprint density at radius 3 is 2.37 bits per heavy atom. The van der Waals surface area contributed by atoms with Crippen LogP contribution < -0.4 is 15.8 Å². The quantitative estimate of drug-likeness (QED) is 0.509. The largest absolute Gasteiger partial charge is 0.352 e. The summed E-state index contributed by atoms with van der Waals surface area (Å²) in [5.74, 6) is -1.15. The molecule has 0 aliphatic heterocycles. The number of amides is 2. The first-order valence-electron chi connectivity index (χ1n) is 8.60. The molecule has 0 atom stereocenters. The van der Waals surface area contributed by atoms with Crippen molar-refractivity contribution in [2.75, 3.05) is 5.32 Å². The van der Waals surface area contributed by atoms with Gasteiger partial charge in [0.05, 0.1) is 17.0 Å². The number of thiazole rings is 1. The summed E-state index contributed by atoms with van der Waals surface area (Å²) < 4.78 is 35.4. The van der Waals surface area contributed by atoms with Gasteiger partial charge in [0.25, 0.3) is 5.91 Å². The zero-order chi connectivity index (χ0) is 21.7. The fourth-order valence-electron chi connectivity index (χ4n) is 2.44. The number of hydrogen-bond acceptors (Lipinski definition) is 6. The lowest BCUT2D eigenvalue weighted by atomic mass is 10.2. The average Bonchev–Trinajstić information content (AvgIpc) is 3.13. The molecule has 0 unspecified atom stereocenters. The van der Waals surface area contributed by atoms with Crippen LogP contribution in [0.5, 0.6) is 0 Å². The van der Waals surface area contributed by atoms with E-state index in [9.17, 15) is 22.4 Å². The molecule has 3 rings (SSSR count). The van der Waals surface area contributed by atoms with E-state index in [0.717, 1.165) is 0 Å². The maximum Gasteiger partial charge on any atom is 0.257 e. The Kier molecular flexibility index (Phi) is 6.55. The van der Waals surface area contributed by atoms with E-state index in [1.54, 1.807) is 17.5 Å². The van der Waals surface area contributed by atoms with Gasteiger partial charge in [0.1, 0.15) is 5.82 Å². The summed E-state index contributed by atoms with van der Waals surface area (Å²) in [4.78, 5) is 28.4. The van der Waals surface area contributed by atoms with Gasteiger partial charge in [0.15, 0.2) is 5.13 Å². The zero-order valence-corrected chi connectivity index (χ0v) is 17.1. The van der Waals surface area contributed by atoms with Crippen molar-refractivity contribution in [1.29, 1.82) is 0 Å². The second-order valence-electron chi connectivity index (χ2n) is 6.25. The van der Waals surface area contributed by atoms with Gasteiger partial charge in [-0.15, -0.1) is 11.3 Å². The molecule has 2 aromatic carbocycles. The number of anilines is 1. The molecule has 0 bridgehead atoms. The van der Waals surface area contributed by atoms with Crippen LogP contribution >= 0.6 is 11.3 Å². The molecule has 1 aromatic heterocycles. The molecule has 0 fully saturated rings. The van der Waals surface area contributed by atoms with Crippen LogP contribution in [-0.2, 0) is 27.8 Å². The number of nitrogens with one attached hydrogen (secondary N) is 2. The molecular weight excluding hydrogens is 431 g/mol. The molecule has 8 nitrogen and oxygen atoms in total. The van der Waals surface area contributed by atoms with Gasteiger partial charge in [0.2, 0.25) is 15.9 Å². The van der Waals surface area contributed by atoms with E-state index < -0.39 is 21.7 Å². The number of nitrogens with zero attached hydrogens (tertiary/aromatic N) is 1. The Morgan fingerprint density at radius 1 is 1.07 bits per heavy atom. The Hall–Kier alpha value is -3.15. The molecule has 0 radical (unpaired) electrons. The van der Waals surface area contributed by atoms with Crippen LogP contribution in [-0.4, -0.2) is 25.2 Å². The number of carbonyl (C=O) groups excluding carboxylic acids is 2. The number of primary sulfonamides is 1. The summed E-state index contributed by atoms with van der Waals surface area (Å²) in [6, 6.07) is 11.0. The fraction of sp³-hybridized carbons (Fsp3) is 0.105. The summed E-state index contributed by atoms with van der Waals surface area (Å²) in [6.07, 6.45) is 0.0121. The van der Waals surface area contributed by atoms with Gasteiger partial charge in [-0.2, -0.15) is 0 Å². The van der Waals surface area contributed by atoms with Gasteiger partial charge in [0, 0.05) is 17.5 Å². The van der Waals surface area contributed by atoms with Crippen LogP contribution in [0, 0.1) is 5.82 Å². The molecule has 30 heavy (non-hydrogen) atoms. The Labute approximate surface area is 176 Å². The van der Waals surface area contributed by atoms with Gasteiger partial charge in [-0.3, -0.25) is 14.9 Å². The van der Waals surface area contributed by atoms with Gasteiger partial charge in [-0.05, 0) is 42.0 Å². The van der Waals surface area contributed by atoms with E-state index in [4.69, 9.17) is 5.14 Å². The number of benzene rings is 2. The van der Waals surface area contributed by atoms with Crippen LogP contribution in [0.1, 0.15) is 21.6 Å². The van der Waals surface area contributed by atoms with Gasteiger partial charge < -0.3 is 5.32 Å². The van der Waals surface area contributed by atoms with Crippen molar-refractivity contribution in [3.8, 4) is 0 Å². The lowest BCUT2D eigenvalue weighted by Gasteiger charge is -2.05. The normalized spacial score (nSPS) is 11.1. The number of halogens is 1. The zero-order valence-electron chi connectivity index (χ0n) is 15.5. The van der Waals surface area contributed by atoms with E-state index in [1.165, 1.54) is 47.7 Å². The first-order valence-corrected chi connectivity index (χ1v) is 11.0. The van der Waals surface area contributed by atoms with E-state index in [2.05, 4.69) is 15.6 Å². The smallest absolute Gasteiger partial charge is 0.257 e.